The van der Waals surface area contributed by atoms with Gasteiger partial charge in [-0.05, 0) is 36.2 Å². The molecule has 7 nitrogen and oxygen atoms in total. The number of aliphatic imine (C=N–C) groups is 1. The van der Waals surface area contributed by atoms with E-state index in [1.54, 1.807) is 33.1 Å². The third kappa shape index (κ3) is 4.62. The molecule has 0 aromatic heterocycles. The number of anilines is 1. The molecule has 2 aromatic rings. The number of benzene rings is 2. The lowest BCUT2D eigenvalue weighted by Gasteiger charge is -2.27. The molecule has 0 aliphatic carbocycles. The Morgan fingerprint density at radius 2 is 1.74 bits per heavy atom. The lowest BCUT2D eigenvalue weighted by Crippen LogP contribution is -2.39. The second-order valence-corrected chi connectivity index (χ2v) is 10.7. The molecule has 0 spiro atoms. The van der Waals surface area contributed by atoms with Gasteiger partial charge in [0.05, 0.1) is 44.9 Å². The van der Waals surface area contributed by atoms with Crippen LogP contribution in [0.3, 0.4) is 0 Å². The zero-order valence-corrected chi connectivity index (χ0v) is 19.4. The van der Waals surface area contributed by atoms with E-state index in [2.05, 4.69) is 17.0 Å². The summed E-state index contributed by atoms with van der Waals surface area (Å²) in [5.74, 6) is 3.12. The standard InChI is InChI=1S/C22H26N2O5S2/c1-27-17-7-4-15(5-8-17)10-11-30-22-23-18-13-31(25,26)14-19(18)24(22)16-6-9-20(28-2)21(12-16)29-3/h4-9,12,18-19H,10-11,13-14H2,1-3H3/t18-,19+/m1/s1. The van der Waals surface area contributed by atoms with Gasteiger partial charge < -0.3 is 19.1 Å². The normalized spacial score (nSPS) is 21.5. The van der Waals surface area contributed by atoms with Crippen molar-refractivity contribution < 1.29 is 22.6 Å². The van der Waals surface area contributed by atoms with Crippen LogP contribution in [0.4, 0.5) is 5.69 Å². The summed E-state index contributed by atoms with van der Waals surface area (Å²) in [7, 11) is 1.74. The number of ether oxygens (including phenoxy) is 3. The maximum Gasteiger partial charge on any atom is 0.164 e. The first-order chi connectivity index (χ1) is 14.9. The van der Waals surface area contributed by atoms with Gasteiger partial charge in [-0.25, -0.2) is 8.42 Å². The molecule has 2 atom stereocenters. The highest BCUT2D eigenvalue weighted by Gasteiger charge is 2.47. The Labute approximate surface area is 187 Å². The Morgan fingerprint density at radius 3 is 2.42 bits per heavy atom. The van der Waals surface area contributed by atoms with Gasteiger partial charge in [-0.15, -0.1) is 0 Å². The van der Waals surface area contributed by atoms with Crippen LogP contribution in [-0.2, 0) is 16.3 Å². The maximum atomic E-state index is 12.2. The van der Waals surface area contributed by atoms with Gasteiger partial charge in [-0.1, -0.05) is 23.9 Å². The van der Waals surface area contributed by atoms with E-state index in [4.69, 9.17) is 19.2 Å². The van der Waals surface area contributed by atoms with Gasteiger partial charge in [-0.3, -0.25) is 4.99 Å². The van der Waals surface area contributed by atoms with E-state index in [1.165, 1.54) is 5.56 Å². The molecule has 0 N–H and O–H groups in total. The van der Waals surface area contributed by atoms with E-state index in [9.17, 15) is 8.42 Å². The number of fused-ring (bicyclic) bond motifs is 1. The number of methoxy groups -OCH3 is 3. The molecule has 9 heteroatoms. The highest BCUT2D eigenvalue weighted by molar-refractivity contribution is 8.14. The summed E-state index contributed by atoms with van der Waals surface area (Å²) in [6.45, 7) is 0. The van der Waals surface area contributed by atoms with Crippen molar-refractivity contribution in [1.29, 1.82) is 0 Å². The number of hydrogen-bond donors (Lipinski definition) is 0. The van der Waals surface area contributed by atoms with Crippen molar-refractivity contribution in [2.45, 2.75) is 18.5 Å². The smallest absolute Gasteiger partial charge is 0.164 e. The van der Waals surface area contributed by atoms with Crippen molar-refractivity contribution in [3.8, 4) is 17.2 Å². The Morgan fingerprint density at radius 1 is 1.00 bits per heavy atom. The average molecular weight is 463 g/mol. The lowest BCUT2D eigenvalue weighted by atomic mass is 10.1. The topological polar surface area (TPSA) is 77.4 Å². The van der Waals surface area contributed by atoms with Gasteiger partial charge in [0.2, 0.25) is 0 Å². The summed E-state index contributed by atoms with van der Waals surface area (Å²) in [6, 6.07) is 13.3. The van der Waals surface area contributed by atoms with E-state index >= 15 is 0 Å². The summed E-state index contributed by atoms with van der Waals surface area (Å²) in [5.41, 5.74) is 2.07. The van der Waals surface area contributed by atoms with Gasteiger partial charge in [-0.2, -0.15) is 0 Å². The number of aryl methyl sites for hydroxylation is 1. The Balaban J connectivity index is 1.54. The summed E-state index contributed by atoms with van der Waals surface area (Å²) in [6.07, 6.45) is 0.876. The molecule has 2 heterocycles. The molecule has 2 aromatic carbocycles. The molecule has 0 unspecified atom stereocenters. The molecule has 0 saturated carbocycles. The van der Waals surface area contributed by atoms with Gasteiger partial charge in [0, 0.05) is 17.5 Å². The predicted molar refractivity (Wildman–Crippen MR) is 125 cm³/mol. The van der Waals surface area contributed by atoms with Crippen LogP contribution < -0.4 is 19.1 Å². The summed E-state index contributed by atoms with van der Waals surface area (Å²) < 4.78 is 40.5. The Bertz CT molecular complexity index is 1070. The molecule has 2 aliphatic heterocycles. The third-order valence-electron chi connectivity index (χ3n) is 5.53. The molecule has 1 saturated heterocycles. The Kier molecular flexibility index (Phi) is 6.34. The first kappa shape index (κ1) is 21.8. The van der Waals surface area contributed by atoms with Crippen molar-refractivity contribution in [3.05, 3.63) is 48.0 Å². The molecule has 4 rings (SSSR count). The molecule has 2 aliphatic rings. The van der Waals surface area contributed by atoms with Crippen LogP contribution >= 0.6 is 11.8 Å². The van der Waals surface area contributed by atoms with Crippen LogP contribution in [0, 0.1) is 0 Å². The molecule has 0 amide bonds. The molecule has 31 heavy (non-hydrogen) atoms. The molecule has 1 fully saturated rings. The fraction of sp³-hybridized carbons (Fsp3) is 0.409. The summed E-state index contributed by atoms with van der Waals surface area (Å²) in [5, 5.41) is 0.852. The van der Waals surface area contributed by atoms with Crippen LogP contribution in [0.1, 0.15) is 5.56 Å². The van der Waals surface area contributed by atoms with E-state index in [0.29, 0.717) is 11.5 Å². The highest BCUT2D eigenvalue weighted by atomic mass is 32.2. The minimum atomic E-state index is -3.09. The summed E-state index contributed by atoms with van der Waals surface area (Å²) in [4.78, 5) is 6.85. The fourth-order valence-electron chi connectivity index (χ4n) is 3.96. The van der Waals surface area contributed by atoms with Crippen molar-refractivity contribution in [1.82, 2.24) is 0 Å². The van der Waals surface area contributed by atoms with Crippen LogP contribution in [0.25, 0.3) is 0 Å². The monoisotopic (exact) mass is 462 g/mol. The van der Waals surface area contributed by atoms with Crippen LogP contribution in [0.15, 0.2) is 47.5 Å². The zero-order chi connectivity index (χ0) is 22.0. The van der Waals surface area contributed by atoms with Crippen molar-refractivity contribution in [3.63, 3.8) is 0 Å². The second kappa shape index (κ2) is 9.00. The van der Waals surface area contributed by atoms with Gasteiger partial charge in [0.15, 0.2) is 26.5 Å². The lowest BCUT2D eigenvalue weighted by molar-refractivity contribution is 0.355. The zero-order valence-electron chi connectivity index (χ0n) is 17.8. The molecular weight excluding hydrogens is 436 g/mol. The number of hydrogen-bond acceptors (Lipinski definition) is 8. The van der Waals surface area contributed by atoms with Crippen molar-refractivity contribution in [2.24, 2.45) is 4.99 Å². The average Bonchev–Trinajstić information content (AvgIpc) is 3.24. The molecule has 166 valence electrons. The van der Waals surface area contributed by atoms with E-state index in [1.807, 2.05) is 30.3 Å². The Hall–Kier alpha value is -2.39. The molecule has 0 bridgehead atoms. The van der Waals surface area contributed by atoms with Gasteiger partial charge in [0.25, 0.3) is 0 Å². The minimum Gasteiger partial charge on any atom is -0.497 e. The number of nitrogens with zero attached hydrogens (tertiary/aromatic N) is 2. The van der Waals surface area contributed by atoms with Crippen LogP contribution in [0.5, 0.6) is 17.2 Å². The fourth-order valence-corrected chi connectivity index (χ4v) is 6.92. The largest absolute Gasteiger partial charge is 0.497 e. The number of sulfone groups is 1. The molecular formula is C22H26N2O5S2. The van der Waals surface area contributed by atoms with E-state index in [0.717, 1.165) is 28.8 Å². The number of rotatable bonds is 7. The number of amidine groups is 1. The van der Waals surface area contributed by atoms with Crippen LogP contribution in [0.2, 0.25) is 0 Å². The second-order valence-electron chi connectivity index (χ2n) is 7.48. The maximum absolute atomic E-state index is 12.2. The van der Waals surface area contributed by atoms with Gasteiger partial charge >= 0.3 is 0 Å². The van der Waals surface area contributed by atoms with Crippen LogP contribution in [-0.4, -0.2) is 64.3 Å². The first-order valence-electron chi connectivity index (χ1n) is 9.99. The van der Waals surface area contributed by atoms with E-state index in [-0.39, 0.29) is 23.6 Å². The first-order valence-corrected chi connectivity index (χ1v) is 12.8. The van der Waals surface area contributed by atoms with Gasteiger partial charge in [0.1, 0.15) is 5.75 Å². The quantitative estimate of drug-likeness (QED) is 0.626. The highest BCUT2D eigenvalue weighted by Crippen LogP contribution is 2.39. The van der Waals surface area contributed by atoms with Crippen molar-refractivity contribution in [2.75, 3.05) is 43.5 Å². The number of thioether (sulfide) groups is 1. The van der Waals surface area contributed by atoms with E-state index < -0.39 is 9.84 Å². The predicted octanol–water partition coefficient (Wildman–Crippen LogP) is 3.03. The SMILES string of the molecule is COc1ccc(CCSC2=N[C@@H]3CS(=O)(=O)C[C@@H]3N2c2ccc(OC)c(OC)c2)cc1. The molecule has 0 radical (unpaired) electrons. The third-order valence-corrected chi connectivity index (χ3v) is 8.20. The minimum absolute atomic E-state index is 0.101. The van der Waals surface area contributed by atoms with Crippen molar-refractivity contribution >= 4 is 32.5 Å². The summed E-state index contributed by atoms with van der Waals surface area (Å²) >= 11 is 1.65.